The molecule has 0 saturated heterocycles. The predicted molar refractivity (Wildman–Crippen MR) is 101 cm³/mol. The number of nitrogens with zero attached hydrogens (tertiary/aromatic N) is 1. The predicted octanol–water partition coefficient (Wildman–Crippen LogP) is -0.602. The highest BCUT2D eigenvalue weighted by molar-refractivity contribution is 7.91. The summed E-state index contributed by atoms with van der Waals surface area (Å²) in [5.41, 5.74) is -1.39. The van der Waals surface area contributed by atoms with E-state index in [1.54, 1.807) is 0 Å². The third kappa shape index (κ3) is 5.14. The van der Waals surface area contributed by atoms with E-state index in [0.717, 1.165) is 6.92 Å². The number of benzene rings is 1. The second-order valence-electron chi connectivity index (χ2n) is 6.06. The molecule has 10 heteroatoms. The zero-order chi connectivity index (χ0) is 20.2. The topological polar surface area (TPSA) is 125 Å². The van der Waals surface area contributed by atoms with E-state index in [1.165, 1.54) is 49.6 Å². The summed E-state index contributed by atoms with van der Waals surface area (Å²) < 4.78 is 25.1. The van der Waals surface area contributed by atoms with Crippen molar-refractivity contribution >= 4 is 40.8 Å². The largest absolute Gasteiger partial charge is 0.379 e. The number of rotatable bonds is 6. The number of aliphatic hydroxyl groups is 1. The van der Waals surface area contributed by atoms with Crippen molar-refractivity contribution in [1.82, 2.24) is 10.3 Å². The molecule has 2 rings (SSSR count). The minimum Gasteiger partial charge on any atom is -0.379 e. The summed E-state index contributed by atoms with van der Waals surface area (Å²) in [6, 6.07) is 8.12. The van der Waals surface area contributed by atoms with Crippen molar-refractivity contribution in [2.45, 2.75) is 17.4 Å². The Morgan fingerprint density at radius 3 is 2.33 bits per heavy atom. The Labute approximate surface area is 158 Å². The molecule has 0 aliphatic rings. The number of carbonyl (C=O) groups excluding carboxylic acids is 2. The maximum absolute atomic E-state index is 12.5. The number of hydrogen-bond acceptors (Lipinski definition) is 6. The molecule has 2 radical (unpaired) electrons. The van der Waals surface area contributed by atoms with Crippen molar-refractivity contribution in [3.05, 3.63) is 48.2 Å². The average Bonchev–Trinajstić information content (AvgIpc) is 2.62. The van der Waals surface area contributed by atoms with Crippen molar-refractivity contribution in [3.8, 4) is 0 Å². The molecule has 2 amide bonds. The fraction of sp³-hybridized carbons (Fsp3) is 0.235. The molecule has 1 aromatic heterocycles. The van der Waals surface area contributed by atoms with Crippen LogP contribution in [-0.4, -0.2) is 56.6 Å². The molecule has 0 unspecified atom stereocenters. The molecule has 0 saturated carbocycles. The molecule has 1 atom stereocenters. The van der Waals surface area contributed by atoms with Crippen LogP contribution < -0.4 is 16.2 Å². The van der Waals surface area contributed by atoms with Gasteiger partial charge in [0.15, 0.2) is 15.4 Å². The molecule has 140 valence electrons. The van der Waals surface area contributed by atoms with E-state index in [0.29, 0.717) is 0 Å². The lowest BCUT2D eigenvalue weighted by Crippen LogP contribution is -2.45. The number of pyridine rings is 1. The van der Waals surface area contributed by atoms with Crippen molar-refractivity contribution in [3.63, 3.8) is 0 Å². The van der Waals surface area contributed by atoms with Gasteiger partial charge in [-0.1, -0.05) is 0 Å². The van der Waals surface area contributed by atoms with Crippen LogP contribution in [0.25, 0.3) is 0 Å². The highest BCUT2D eigenvalue weighted by atomic mass is 32.2. The highest BCUT2D eigenvalue weighted by Gasteiger charge is 2.36. The monoisotopic (exact) mass is 387 g/mol. The Hall–Kier alpha value is -2.72. The van der Waals surface area contributed by atoms with Gasteiger partial charge in [-0.2, -0.15) is 0 Å². The van der Waals surface area contributed by atoms with Crippen LogP contribution in [0.15, 0.2) is 47.5 Å². The SMILES string of the molecule is [B]c1ccc(NC(=O)[C@@](C)(O)CS(=O)(=O)c2ccc(C(=O)NC)cc2)cn1. The van der Waals surface area contributed by atoms with Crippen molar-refractivity contribution < 1.29 is 23.1 Å². The van der Waals surface area contributed by atoms with Crippen LogP contribution in [-0.2, 0) is 14.6 Å². The smallest absolute Gasteiger partial charge is 0.257 e. The summed E-state index contributed by atoms with van der Waals surface area (Å²) >= 11 is 0. The summed E-state index contributed by atoms with van der Waals surface area (Å²) in [6.07, 6.45) is 1.29. The zero-order valence-electron chi connectivity index (χ0n) is 14.8. The third-order valence-electron chi connectivity index (χ3n) is 3.71. The summed E-state index contributed by atoms with van der Waals surface area (Å²) in [4.78, 5) is 27.5. The van der Waals surface area contributed by atoms with Gasteiger partial charge >= 0.3 is 0 Å². The Morgan fingerprint density at radius 1 is 1.19 bits per heavy atom. The number of hydrogen-bond donors (Lipinski definition) is 3. The maximum Gasteiger partial charge on any atom is 0.257 e. The molecular formula is C17H18BN3O5S. The normalized spacial score (nSPS) is 13.4. The van der Waals surface area contributed by atoms with Crippen LogP contribution in [0.3, 0.4) is 0 Å². The fourth-order valence-electron chi connectivity index (χ4n) is 2.22. The first kappa shape index (κ1) is 20.6. The molecule has 0 spiro atoms. The molecule has 1 aromatic carbocycles. The van der Waals surface area contributed by atoms with Gasteiger partial charge in [-0.25, -0.2) is 8.42 Å². The summed E-state index contributed by atoms with van der Waals surface area (Å²) in [5.74, 6) is -2.10. The number of carbonyl (C=O) groups is 2. The van der Waals surface area contributed by atoms with Gasteiger partial charge in [-0.05, 0) is 48.9 Å². The molecule has 0 fully saturated rings. The van der Waals surface area contributed by atoms with Crippen molar-refractivity contribution in [2.24, 2.45) is 0 Å². The van der Waals surface area contributed by atoms with Gasteiger partial charge in [0, 0.05) is 18.8 Å². The van der Waals surface area contributed by atoms with Crippen LogP contribution in [0.1, 0.15) is 17.3 Å². The van der Waals surface area contributed by atoms with E-state index < -0.39 is 27.1 Å². The van der Waals surface area contributed by atoms with Crippen LogP contribution in [0, 0.1) is 0 Å². The van der Waals surface area contributed by atoms with E-state index in [4.69, 9.17) is 7.85 Å². The first-order chi connectivity index (χ1) is 12.5. The summed E-state index contributed by atoms with van der Waals surface area (Å²) in [5, 5.41) is 15.2. The summed E-state index contributed by atoms with van der Waals surface area (Å²) in [7, 11) is 2.92. The van der Waals surface area contributed by atoms with E-state index in [1.807, 2.05) is 0 Å². The highest BCUT2D eigenvalue weighted by Crippen LogP contribution is 2.19. The van der Waals surface area contributed by atoms with Crippen LogP contribution in [0.4, 0.5) is 5.69 Å². The van der Waals surface area contributed by atoms with E-state index in [9.17, 15) is 23.1 Å². The van der Waals surface area contributed by atoms with Gasteiger partial charge in [-0.3, -0.25) is 14.6 Å². The van der Waals surface area contributed by atoms with Gasteiger partial charge in [0.1, 0.15) is 7.85 Å². The first-order valence-corrected chi connectivity index (χ1v) is 9.51. The molecule has 1 heterocycles. The van der Waals surface area contributed by atoms with Crippen LogP contribution in [0.2, 0.25) is 0 Å². The molecule has 0 aliphatic heterocycles. The van der Waals surface area contributed by atoms with Gasteiger partial charge in [0.2, 0.25) is 0 Å². The molecule has 0 bridgehead atoms. The van der Waals surface area contributed by atoms with Crippen molar-refractivity contribution in [2.75, 3.05) is 18.1 Å². The fourth-order valence-corrected chi connectivity index (χ4v) is 3.81. The molecule has 27 heavy (non-hydrogen) atoms. The lowest BCUT2D eigenvalue weighted by atomic mass is 10.0. The number of aromatic nitrogens is 1. The molecule has 0 aliphatic carbocycles. The molecule has 8 nitrogen and oxygen atoms in total. The number of amides is 2. The lowest BCUT2D eigenvalue weighted by Gasteiger charge is -2.22. The molecule has 2 aromatic rings. The number of sulfone groups is 1. The van der Waals surface area contributed by atoms with Gasteiger partial charge in [0.25, 0.3) is 11.8 Å². The quantitative estimate of drug-likeness (QED) is 0.569. The maximum atomic E-state index is 12.5. The van der Waals surface area contributed by atoms with Crippen LogP contribution >= 0.6 is 0 Å². The minimum atomic E-state index is -3.99. The van der Waals surface area contributed by atoms with Crippen molar-refractivity contribution in [1.29, 1.82) is 0 Å². The van der Waals surface area contributed by atoms with E-state index in [-0.39, 0.29) is 27.6 Å². The van der Waals surface area contributed by atoms with Gasteiger partial charge in [0.05, 0.1) is 16.3 Å². The first-order valence-electron chi connectivity index (χ1n) is 7.85. The Morgan fingerprint density at radius 2 is 1.81 bits per heavy atom. The standard InChI is InChI=1S/C17H18BN3O5S/c1-17(24,16(23)21-12-5-8-14(18)20-9-12)10-27(25,26)13-6-3-11(4-7-13)15(22)19-2/h3-9,24H,10H2,1-2H3,(H,19,22)(H,21,23)/t17-/m0/s1. The second-order valence-corrected chi connectivity index (χ2v) is 8.05. The van der Waals surface area contributed by atoms with Gasteiger partial charge in [-0.15, -0.1) is 0 Å². The summed E-state index contributed by atoms with van der Waals surface area (Å²) in [6.45, 7) is 1.10. The van der Waals surface area contributed by atoms with E-state index >= 15 is 0 Å². The second kappa shape index (κ2) is 7.89. The van der Waals surface area contributed by atoms with Crippen LogP contribution in [0.5, 0.6) is 0 Å². The Bertz CT molecular complexity index is 942. The Kier molecular flexibility index (Phi) is 6.02. The lowest BCUT2D eigenvalue weighted by molar-refractivity contribution is -0.130. The zero-order valence-corrected chi connectivity index (χ0v) is 15.6. The molecule has 3 N–H and O–H groups in total. The number of anilines is 1. The average molecular weight is 387 g/mol. The van der Waals surface area contributed by atoms with Gasteiger partial charge < -0.3 is 15.7 Å². The van der Waals surface area contributed by atoms with E-state index in [2.05, 4.69) is 15.6 Å². The third-order valence-corrected chi connectivity index (χ3v) is 5.64. The number of nitrogens with one attached hydrogen (secondary N) is 2. The molecular weight excluding hydrogens is 369 g/mol. The Balaban J connectivity index is 2.15. The minimum absolute atomic E-state index is 0.114.